The zero-order valence-corrected chi connectivity index (χ0v) is 12.6. The van der Waals surface area contributed by atoms with E-state index in [1.54, 1.807) is 31.1 Å². The first-order valence-corrected chi connectivity index (χ1v) is 6.45. The lowest BCUT2D eigenvalue weighted by atomic mass is 10.1. The largest absolute Gasteiger partial charge is 0.481 e. The molecule has 0 bridgehead atoms. The van der Waals surface area contributed by atoms with Crippen molar-refractivity contribution in [2.24, 2.45) is 0 Å². The van der Waals surface area contributed by atoms with Gasteiger partial charge in [-0.15, -0.1) is 0 Å². The summed E-state index contributed by atoms with van der Waals surface area (Å²) in [4.78, 5) is 10.3. The Bertz CT molecular complexity index is 610. The molecule has 0 amide bonds. The number of hydrogen-bond acceptors (Lipinski definition) is 5. The molecule has 0 radical (unpaired) electrons. The van der Waals surface area contributed by atoms with Gasteiger partial charge in [0.25, 0.3) is 0 Å². The molecule has 0 saturated carbocycles. The van der Waals surface area contributed by atoms with E-state index >= 15 is 0 Å². The molecule has 6 heteroatoms. The Balaban J connectivity index is 2.40. The molecule has 0 saturated heterocycles. The molecular weight excluding hydrogens is 273 g/mol. The van der Waals surface area contributed by atoms with Crippen LogP contribution in [0.1, 0.15) is 11.4 Å². The lowest BCUT2D eigenvalue weighted by Crippen LogP contribution is -2.14. The van der Waals surface area contributed by atoms with Crippen LogP contribution < -0.4 is 14.4 Å². The molecule has 0 aliphatic carbocycles. The number of halogens is 1. The molecule has 1 heterocycles. The number of nitrogens with zero attached hydrogens (tertiary/aromatic N) is 3. The predicted molar refractivity (Wildman–Crippen MR) is 78.7 cm³/mol. The molecule has 0 unspecified atom stereocenters. The highest BCUT2D eigenvalue weighted by molar-refractivity contribution is 5.54. The minimum absolute atomic E-state index is 0.271. The Morgan fingerprint density at radius 2 is 1.71 bits per heavy atom. The number of hydrogen-bond donors (Lipinski definition) is 0. The van der Waals surface area contributed by atoms with Gasteiger partial charge in [-0.2, -0.15) is 9.97 Å². The molecule has 5 nitrogen and oxygen atoms in total. The number of methoxy groups -OCH3 is 2. The van der Waals surface area contributed by atoms with Crippen LogP contribution in [0.25, 0.3) is 0 Å². The average Bonchev–Trinajstić information content (AvgIpc) is 2.46. The summed E-state index contributed by atoms with van der Waals surface area (Å²) in [6.07, 6.45) is 0.388. The maximum absolute atomic E-state index is 14.0. The van der Waals surface area contributed by atoms with Gasteiger partial charge >= 0.3 is 0 Å². The highest BCUT2D eigenvalue weighted by Crippen LogP contribution is 2.25. The number of aromatic nitrogens is 2. The van der Waals surface area contributed by atoms with Crippen LogP contribution in [0.15, 0.2) is 24.3 Å². The van der Waals surface area contributed by atoms with Crippen molar-refractivity contribution < 1.29 is 13.9 Å². The number of ether oxygens (including phenoxy) is 2. The Kier molecular flexibility index (Phi) is 4.57. The monoisotopic (exact) mass is 291 g/mol. The van der Waals surface area contributed by atoms with E-state index < -0.39 is 0 Å². The number of para-hydroxylation sites is 1. The third kappa shape index (κ3) is 3.39. The molecule has 0 fully saturated rings. The van der Waals surface area contributed by atoms with Gasteiger partial charge in [0.15, 0.2) is 0 Å². The summed E-state index contributed by atoms with van der Waals surface area (Å²) >= 11 is 0. The van der Waals surface area contributed by atoms with Crippen LogP contribution >= 0.6 is 0 Å². The first-order valence-electron chi connectivity index (χ1n) is 6.45. The van der Waals surface area contributed by atoms with E-state index in [4.69, 9.17) is 9.47 Å². The fourth-order valence-corrected chi connectivity index (χ4v) is 2.11. The number of benzene rings is 1. The number of anilines is 1. The summed E-state index contributed by atoms with van der Waals surface area (Å²) in [6, 6.07) is 6.57. The Morgan fingerprint density at radius 1 is 1.10 bits per heavy atom. The Labute approximate surface area is 123 Å². The molecule has 2 rings (SSSR count). The molecule has 21 heavy (non-hydrogen) atoms. The zero-order chi connectivity index (χ0) is 15.4. The summed E-state index contributed by atoms with van der Waals surface area (Å²) < 4.78 is 24.2. The standard InChI is InChI=1S/C15H18FN3O2/c1-19(2)15-10(6-5-7-11(15)16)8-12-17-13(20-3)9-14(18-12)21-4/h5-7,9H,8H2,1-4H3. The van der Waals surface area contributed by atoms with Gasteiger partial charge in [0.1, 0.15) is 11.6 Å². The summed E-state index contributed by atoms with van der Waals surface area (Å²) in [5.74, 6) is 1.08. The first kappa shape index (κ1) is 15.0. The second-order valence-electron chi connectivity index (χ2n) is 4.69. The van der Waals surface area contributed by atoms with E-state index in [-0.39, 0.29) is 5.82 Å². The van der Waals surface area contributed by atoms with Gasteiger partial charge in [0, 0.05) is 20.5 Å². The molecule has 2 aromatic rings. The first-order chi connectivity index (χ1) is 10.0. The summed E-state index contributed by atoms with van der Waals surface area (Å²) in [6.45, 7) is 0. The normalized spacial score (nSPS) is 10.3. The SMILES string of the molecule is COc1cc(OC)nc(Cc2cccc(F)c2N(C)C)n1. The van der Waals surface area contributed by atoms with E-state index in [1.165, 1.54) is 20.3 Å². The maximum atomic E-state index is 14.0. The molecule has 112 valence electrons. The quantitative estimate of drug-likeness (QED) is 0.846. The van der Waals surface area contributed by atoms with Crippen LogP contribution in [0, 0.1) is 5.82 Å². The molecule has 0 N–H and O–H groups in total. The van der Waals surface area contributed by atoms with E-state index in [9.17, 15) is 4.39 Å². The van der Waals surface area contributed by atoms with Crippen molar-refractivity contribution in [3.63, 3.8) is 0 Å². The van der Waals surface area contributed by atoms with E-state index in [0.29, 0.717) is 29.7 Å². The van der Waals surface area contributed by atoms with Gasteiger partial charge in [-0.3, -0.25) is 0 Å². The third-order valence-electron chi connectivity index (χ3n) is 3.01. The van der Waals surface area contributed by atoms with Crippen molar-refractivity contribution in [3.8, 4) is 11.8 Å². The van der Waals surface area contributed by atoms with Crippen molar-refractivity contribution in [3.05, 3.63) is 41.5 Å². The minimum atomic E-state index is -0.271. The van der Waals surface area contributed by atoms with Gasteiger partial charge in [0.2, 0.25) is 11.8 Å². The molecule has 0 atom stereocenters. The van der Waals surface area contributed by atoms with Crippen molar-refractivity contribution in [2.75, 3.05) is 33.2 Å². The van der Waals surface area contributed by atoms with E-state index in [0.717, 1.165) is 5.56 Å². The average molecular weight is 291 g/mol. The van der Waals surface area contributed by atoms with Crippen LogP contribution in [-0.2, 0) is 6.42 Å². The second-order valence-corrected chi connectivity index (χ2v) is 4.69. The van der Waals surface area contributed by atoms with Crippen molar-refractivity contribution in [1.29, 1.82) is 0 Å². The third-order valence-corrected chi connectivity index (χ3v) is 3.01. The molecule has 0 aliphatic heterocycles. The minimum Gasteiger partial charge on any atom is -0.481 e. The number of rotatable bonds is 5. The zero-order valence-electron chi connectivity index (χ0n) is 12.6. The van der Waals surface area contributed by atoms with Crippen LogP contribution in [0.5, 0.6) is 11.8 Å². The van der Waals surface area contributed by atoms with Gasteiger partial charge in [-0.25, -0.2) is 4.39 Å². The second kappa shape index (κ2) is 6.39. The lowest BCUT2D eigenvalue weighted by molar-refractivity contribution is 0.368. The van der Waals surface area contributed by atoms with E-state index in [1.807, 2.05) is 6.07 Å². The highest BCUT2D eigenvalue weighted by Gasteiger charge is 2.13. The van der Waals surface area contributed by atoms with Gasteiger partial charge in [-0.1, -0.05) is 12.1 Å². The fraction of sp³-hybridized carbons (Fsp3) is 0.333. The van der Waals surface area contributed by atoms with E-state index in [2.05, 4.69) is 9.97 Å². The van der Waals surface area contributed by atoms with Crippen molar-refractivity contribution in [1.82, 2.24) is 9.97 Å². The molecule has 1 aromatic carbocycles. The van der Waals surface area contributed by atoms with Crippen molar-refractivity contribution >= 4 is 5.69 Å². The van der Waals surface area contributed by atoms with Gasteiger partial charge in [-0.05, 0) is 11.6 Å². The van der Waals surface area contributed by atoms with Gasteiger partial charge < -0.3 is 14.4 Å². The van der Waals surface area contributed by atoms with Crippen molar-refractivity contribution in [2.45, 2.75) is 6.42 Å². The summed E-state index contributed by atoms with van der Waals surface area (Å²) in [7, 11) is 6.65. The molecular formula is C15H18FN3O2. The predicted octanol–water partition coefficient (Wildman–Crippen LogP) is 2.29. The Hall–Kier alpha value is -2.37. The molecule has 0 aliphatic rings. The topological polar surface area (TPSA) is 47.5 Å². The highest BCUT2D eigenvalue weighted by atomic mass is 19.1. The fourth-order valence-electron chi connectivity index (χ4n) is 2.11. The summed E-state index contributed by atoms with van der Waals surface area (Å²) in [5, 5.41) is 0. The lowest BCUT2D eigenvalue weighted by Gasteiger charge is -2.18. The summed E-state index contributed by atoms with van der Waals surface area (Å²) in [5.41, 5.74) is 1.33. The van der Waals surface area contributed by atoms with Crippen LogP contribution in [-0.4, -0.2) is 38.3 Å². The van der Waals surface area contributed by atoms with Crippen LogP contribution in [0.3, 0.4) is 0 Å². The van der Waals surface area contributed by atoms with Crippen LogP contribution in [0.2, 0.25) is 0 Å². The van der Waals surface area contributed by atoms with Gasteiger partial charge in [0.05, 0.1) is 26.0 Å². The molecule has 1 aromatic heterocycles. The molecule has 0 spiro atoms. The maximum Gasteiger partial charge on any atom is 0.220 e. The van der Waals surface area contributed by atoms with Crippen LogP contribution in [0.4, 0.5) is 10.1 Å². The smallest absolute Gasteiger partial charge is 0.220 e. The Morgan fingerprint density at radius 3 is 2.24 bits per heavy atom.